The highest BCUT2D eigenvalue weighted by molar-refractivity contribution is 8.00. The first-order valence-corrected chi connectivity index (χ1v) is 15.7. The molecule has 0 aliphatic heterocycles. The highest BCUT2D eigenvalue weighted by Crippen LogP contribution is 2.30. The van der Waals surface area contributed by atoms with Crippen molar-refractivity contribution in [1.29, 1.82) is 0 Å². The van der Waals surface area contributed by atoms with Gasteiger partial charge >= 0.3 is 0 Å². The monoisotopic (exact) mass is 605 g/mol. The van der Waals surface area contributed by atoms with Gasteiger partial charge < -0.3 is 16.0 Å². The zero-order valence-corrected chi connectivity index (χ0v) is 26.6. The van der Waals surface area contributed by atoms with E-state index in [0.29, 0.717) is 23.6 Å². The molecule has 0 aliphatic carbocycles. The van der Waals surface area contributed by atoms with Gasteiger partial charge in [-0.25, -0.2) is 0 Å². The second kappa shape index (κ2) is 15.2. The predicted octanol–water partition coefficient (Wildman–Crippen LogP) is 8.35. The molecule has 0 fully saturated rings. The number of benzene rings is 4. The van der Waals surface area contributed by atoms with Crippen LogP contribution in [-0.4, -0.2) is 23.0 Å². The number of thioether (sulfide) groups is 1. The fourth-order valence-corrected chi connectivity index (χ4v) is 5.65. The van der Waals surface area contributed by atoms with E-state index in [4.69, 9.17) is 0 Å². The van der Waals surface area contributed by atoms with Crippen LogP contribution in [0.4, 0.5) is 11.4 Å². The number of carbonyl (C=O) groups is 3. The van der Waals surface area contributed by atoms with Crippen molar-refractivity contribution < 1.29 is 14.4 Å². The lowest BCUT2D eigenvalue weighted by Crippen LogP contribution is -2.30. The molecule has 0 bridgehead atoms. The molecule has 4 aromatic carbocycles. The van der Waals surface area contributed by atoms with Gasteiger partial charge in [0.2, 0.25) is 5.91 Å². The van der Waals surface area contributed by atoms with Crippen molar-refractivity contribution in [3.05, 3.63) is 131 Å². The molecule has 0 saturated carbocycles. The molecule has 6 nitrogen and oxygen atoms in total. The largest absolute Gasteiger partial charge is 0.325 e. The molecule has 4 rings (SSSR count). The highest BCUT2D eigenvalue weighted by Gasteiger charge is 2.20. The standard InChI is InChI=1S/C37H39N3O3S/c1-6-33(37(43)40-34-25(4)12-10-13-26(34)5)44-31-17-11-16-30(23-31)38-36(42)32(39-35(41)29-14-8-7-9-15-29)22-27-18-20-28(21-19-27)24(2)3/h7-24,33H,6H2,1-5H3,(H,38,42)(H,39,41)(H,40,43)/b32-22+. The summed E-state index contributed by atoms with van der Waals surface area (Å²) in [5.41, 5.74) is 5.97. The first-order valence-electron chi connectivity index (χ1n) is 14.8. The molecular formula is C37H39N3O3S. The third-order valence-corrected chi connectivity index (χ3v) is 8.56. The molecule has 3 N–H and O–H groups in total. The van der Waals surface area contributed by atoms with Crippen LogP contribution in [0.15, 0.2) is 108 Å². The summed E-state index contributed by atoms with van der Waals surface area (Å²) in [6, 6.07) is 30.0. The number of hydrogen-bond donors (Lipinski definition) is 3. The van der Waals surface area contributed by atoms with E-state index in [1.54, 1.807) is 36.4 Å². The van der Waals surface area contributed by atoms with Gasteiger partial charge in [-0.05, 0) is 84.8 Å². The number of carbonyl (C=O) groups excluding carboxylic acids is 3. The maximum Gasteiger partial charge on any atom is 0.272 e. The number of hydrogen-bond acceptors (Lipinski definition) is 4. The van der Waals surface area contributed by atoms with Gasteiger partial charge in [-0.15, -0.1) is 11.8 Å². The molecule has 3 amide bonds. The normalized spacial score (nSPS) is 12.0. The number of nitrogens with one attached hydrogen (secondary N) is 3. The van der Waals surface area contributed by atoms with Gasteiger partial charge in [0, 0.05) is 21.8 Å². The lowest BCUT2D eigenvalue weighted by atomic mass is 10.0. The Morgan fingerprint density at radius 3 is 2.09 bits per heavy atom. The Morgan fingerprint density at radius 1 is 0.795 bits per heavy atom. The molecule has 0 saturated heterocycles. The summed E-state index contributed by atoms with van der Waals surface area (Å²) in [6.45, 7) is 10.2. The minimum absolute atomic E-state index is 0.0679. The third-order valence-electron chi connectivity index (χ3n) is 7.21. The van der Waals surface area contributed by atoms with E-state index in [1.165, 1.54) is 17.3 Å². The van der Waals surface area contributed by atoms with Crippen molar-refractivity contribution in [2.75, 3.05) is 10.6 Å². The van der Waals surface area contributed by atoms with Gasteiger partial charge in [0.1, 0.15) is 5.70 Å². The summed E-state index contributed by atoms with van der Waals surface area (Å²) in [6.07, 6.45) is 2.30. The molecule has 0 radical (unpaired) electrons. The Labute approximate surface area is 264 Å². The zero-order chi connectivity index (χ0) is 31.6. The number of aryl methyl sites for hydroxylation is 2. The first kappa shape index (κ1) is 32.3. The van der Waals surface area contributed by atoms with E-state index < -0.39 is 5.91 Å². The van der Waals surface area contributed by atoms with Gasteiger partial charge in [-0.3, -0.25) is 14.4 Å². The fourth-order valence-electron chi connectivity index (χ4n) is 4.63. The lowest BCUT2D eigenvalue weighted by molar-refractivity contribution is -0.116. The Morgan fingerprint density at radius 2 is 1.45 bits per heavy atom. The van der Waals surface area contributed by atoms with Crippen molar-refractivity contribution in [1.82, 2.24) is 5.32 Å². The number of rotatable bonds is 11. The Hall–Kier alpha value is -4.62. The molecule has 0 aromatic heterocycles. The Kier molecular flexibility index (Phi) is 11.2. The number of amides is 3. The first-order chi connectivity index (χ1) is 21.1. The average Bonchev–Trinajstić information content (AvgIpc) is 3.02. The molecule has 0 spiro atoms. The lowest BCUT2D eigenvalue weighted by Gasteiger charge is -2.18. The van der Waals surface area contributed by atoms with Crippen LogP contribution >= 0.6 is 11.8 Å². The van der Waals surface area contributed by atoms with E-state index in [0.717, 1.165) is 27.3 Å². The van der Waals surface area contributed by atoms with Crippen molar-refractivity contribution in [3.8, 4) is 0 Å². The molecular weight excluding hydrogens is 566 g/mol. The molecule has 44 heavy (non-hydrogen) atoms. The van der Waals surface area contributed by atoms with Gasteiger partial charge in [0.15, 0.2) is 0 Å². The van der Waals surface area contributed by atoms with E-state index in [9.17, 15) is 14.4 Å². The van der Waals surface area contributed by atoms with Crippen molar-refractivity contribution >= 4 is 46.9 Å². The maximum absolute atomic E-state index is 13.6. The average molecular weight is 606 g/mol. The quantitative estimate of drug-likeness (QED) is 0.118. The van der Waals surface area contributed by atoms with Crippen molar-refractivity contribution in [2.45, 2.75) is 57.1 Å². The molecule has 0 heterocycles. The van der Waals surface area contributed by atoms with Gasteiger partial charge in [0.25, 0.3) is 11.8 Å². The molecule has 7 heteroatoms. The summed E-state index contributed by atoms with van der Waals surface area (Å²) in [5.74, 6) is -0.523. The second-order valence-electron chi connectivity index (χ2n) is 11.0. The molecule has 1 unspecified atom stereocenters. The van der Waals surface area contributed by atoms with E-state index >= 15 is 0 Å². The highest BCUT2D eigenvalue weighted by atomic mass is 32.2. The summed E-state index contributed by atoms with van der Waals surface area (Å²) < 4.78 is 0. The van der Waals surface area contributed by atoms with Gasteiger partial charge in [-0.1, -0.05) is 87.5 Å². The van der Waals surface area contributed by atoms with Crippen LogP contribution in [0, 0.1) is 13.8 Å². The van der Waals surface area contributed by atoms with E-state index in [-0.39, 0.29) is 22.8 Å². The fraction of sp³-hybridized carbons (Fsp3) is 0.216. The number of para-hydroxylation sites is 1. The van der Waals surface area contributed by atoms with E-state index in [2.05, 4.69) is 29.8 Å². The van der Waals surface area contributed by atoms with Crippen LogP contribution in [0.25, 0.3) is 6.08 Å². The summed E-state index contributed by atoms with van der Waals surface area (Å²) in [5, 5.41) is 8.50. The number of anilines is 2. The van der Waals surface area contributed by atoms with E-state index in [1.807, 2.05) is 87.5 Å². The topological polar surface area (TPSA) is 87.3 Å². The molecule has 226 valence electrons. The van der Waals surface area contributed by atoms with Crippen LogP contribution in [0.2, 0.25) is 0 Å². The van der Waals surface area contributed by atoms with Gasteiger partial charge in [-0.2, -0.15) is 0 Å². The predicted molar refractivity (Wildman–Crippen MR) is 182 cm³/mol. The Bertz CT molecular complexity index is 1630. The van der Waals surface area contributed by atoms with Gasteiger partial charge in [0.05, 0.1) is 5.25 Å². The Balaban J connectivity index is 1.52. The molecule has 4 aromatic rings. The SMILES string of the molecule is CCC(Sc1cccc(NC(=O)/C(=C\c2ccc(C(C)C)cc2)NC(=O)c2ccccc2)c1)C(=O)Nc1c(C)cccc1C. The van der Waals surface area contributed by atoms with Crippen LogP contribution < -0.4 is 16.0 Å². The molecule has 1 atom stereocenters. The van der Waals surface area contributed by atoms with Crippen LogP contribution in [0.5, 0.6) is 0 Å². The van der Waals surface area contributed by atoms with Crippen molar-refractivity contribution in [2.24, 2.45) is 0 Å². The van der Waals surface area contributed by atoms with Crippen molar-refractivity contribution in [3.63, 3.8) is 0 Å². The van der Waals surface area contributed by atoms with Crippen LogP contribution in [-0.2, 0) is 9.59 Å². The summed E-state index contributed by atoms with van der Waals surface area (Å²) in [7, 11) is 0. The minimum atomic E-state index is -0.454. The summed E-state index contributed by atoms with van der Waals surface area (Å²) >= 11 is 1.44. The summed E-state index contributed by atoms with van der Waals surface area (Å²) in [4.78, 5) is 40.6. The van der Waals surface area contributed by atoms with Crippen LogP contribution in [0.3, 0.4) is 0 Å². The molecule has 0 aliphatic rings. The second-order valence-corrected chi connectivity index (χ2v) is 12.2. The zero-order valence-electron chi connectivity index (χ0n) is 25.8. The minimum Gasteiger partial charge on any atom is -0.325 e. The smallest absolute Gasteiger partial charge is 0.272 e. The maximum atomic E-state index is 13.6. The van der Waals surface area contributed by atoms with Crippen LogP contribution in [0.1, 0.15) is 65.7 Å². The third kappa shape index (κ3) is 8.71.